The SMILES string of the molecule is O=C(CCCc1ccccc1)OCC1CCC(CBr)CC1. The predicted octanol–water partition coefficient (Wildman–Crippen LogP) is 4.75. The largest absolute Gasteiger partial charge is 0.465 e. The Kier molecular flexibility index (Phi) is 7.28. The van der Waals surface area contributed by atoms with E-state index in [0.29, 0.717) is 18.9 Å². The molecule has 21 heavy (non-hydrogen) atoms. The van der Waals surface area contributed by atoms with E-state index in [1.807, 2.05) is 18.2 Å². The number of ether oxygens (including phenoxy) is 1. The quantitative estimate of drug-likeness (QED) is 0.522. The highest BCUT2D eigenvalue weighted by molar-refractivity contribution is 9.09. The minimum atomic E-state index is -0.0338. The maximum absolute atomic E-state index is 11.8. The molecule has 1 aromatic rings. The molecule has 0 bridgehead atoms. The van der Waals surface area contributed by atoms with Crippen LogP contribution in [0.3, 0.4) is 0 Å². The first-order valence-electron chi connectivity index (χ1n) is 8.03. The van der Waals surface area contributed by atoms with Crippen molar-refractivity contribution in [1.29, 1.82) is 0 Å². The lowest BCUT2D eigenvalue weighted by molar-refractivity contribution is -0.145. The van der Waals surface area contributed by atoms with Gasteiger partial charge in [0.1, 0.15) is 0 Å². The zero-order valence-corrected chi connectivity index (χ0v) is 14.2. The Bertz CT molecular complexity index is 410. The van der Waals surface area contributed by atoms with E-state index >= 15 is 0 Å². The number of halogens is 1. The smallest absolute Gasteiger partial charge is 0.305 e. The van der Waals surface area contributed by atoms with Crippen molar-refractivity contribution in [3.8, 4) is 0 Å². The molecule has 0 aromatic heterocycles. The number of rotatable bonds is 7. The van der Waals surface area contributed by atoms with E-state index in [9.17, 15) is 4.79 Å². The molecule has 0 aliphatic heterocycles. The molecule has 3 heteroatoms. The average Bonchev–Trinajstić information content (AvgIpc) is 2.54. The Morgan fingerprint density at radius 3 is 2.43 bits per heavy atom. The second kappa shape index (κ2) is 9.24. The molecule has 2 rings (SSSR count). The van der Waals surface area contributed by atoms with Crippen LogP contribution in [0, 0.1) is 11.8 Å². The van der Waals surface area contributed by atoms with E-state index in [-0.39, 0.29) is 5.97 Å². The Balaban J connectivity index is 1.56. The lowest BCUT2D eigenvalue weighted by Crippen LogP contribution is -2.21. The second-order valence-corrected chi connectivity index (χ2v) is 6.71. The Morgan fingerprint density at radius 2 is 1.76 bits per heavy atom. The Hall–Kier alpha value is -0.830. The summed E-state index contributed by atoms with van der Waals surface area (Å²) in [6.07, 6.45) is 7.29. The molecule has 116 valence electrons. The molecular formula is C18H25BrO2. The lowest BCUT2D eigenvalue weighted by Gasteiger charge is -2.26. The van der Waals surface area contributed by atoms with Crippen molar-refractivity contribution >= 4 is 21.9 Å². The molecule has 0 saturated heterocycles. The molecule has 0 radical (unpaired) electrons. The van der Waals surface area contributed by atoms with Crippen LogP contribution in [0.4, 0.5) is 0 Å². The van der Waals surface area contributed by atoms with Crippen molar-refractivity contribution in [2.24, 2.45) is 11.8 Å². The summed E-state index contributed by atoms with van der Waals surface area (Å²) in [5.74, 6) is 1.37. The molecule has 0 amide bonds. The molecule has 1 saturated carbocycles. The van der Waals surface area contributed by atoms with E-state index < -0.39 is 0 Å². The number of carbonyl (C=O) groups is 1. The van der Waals surface area contributed by atoms with Gasteiger partial charge in [-0.1, -0.05) is 46.3 Å². The topological polar surface area (TPSA) is 26.3 Å². The van der Waals surface area contributed by atoms with E-state index in [0.717, 1.165) is 24.1 Å². The molecule has 0 unspecified atom stereocenters. The van der Waals surface area contributed by atoms with Gasteiger partial charge < -0.3 is 4.74 Å². The molecule has 1 aliphatic rings. The molecule has 0 heterocycles. The highest BCUT2D eigenvalue weighted by Crippen LogP contribution is 2.29. The van der Waals surface area contributed by atoms with Crippen LogP contribution >= 0.6 is 15.9 Å². The third kappa shape index (κ3) is 6.21. The Morgan fingerprint density at radius 1 is 1.10 bits per heavy atom. The van der Waals surface area contributed by atoms with Gasteiger partial charge in [-0.2, -0.15) is 0 Å². The normalized spacial score (nSPS) is 22.0. The maximum Gasteiger partial charge on any atom is 0.305 e. The van der Waals surface area contributed by atoms with Crippen LogP contribution in [-0.2, 0) is 16.0 Å². The predicted molar refractivity (Wildman–Crippen MR) is 89.6 cm³/mol. The van der Waals surface area contributed by atoms with Crippen LogP contribution in [0.2, 0.25) is 0 Å². The fourth-order valence-corrected chi connectivity index (χ4v) is 3.56. The number of carbonyl (C=O) groups excluding carboxylic acids is 1. The third-order valence-electron chi connectivity index (χ3n) is 4.35. The molecule has 0 spiro atoms. The number of esters is 1. The zero-order chi connectivity index (χ0) is 14.9. The molecule has 0 N–H and O–H groups in total. The van der Waals surface area contributed by atoms with Gasteiger partial charge in [0.05, 0.1) is 6.61 Å². The second-order valence-electron chi connectivity index (χ2n) is 6.06. The monoisotopic (exact) mass is 352 g/mol. The van der Waals surface area contributed by atoms with Gasteiger partial charge in [0, 0.05) is 11.8 Å². The first-order valence-corrected chi connectivity index (χ1v) is 9.15. The Labute approximate surface area is 136 Å². The van der Waals surface area contributed by atoms with Crippen LogP contribution in [0.5, 0.6) is 0 Å². The summed E-state index contributed by atoms with van der Waals surface area (Å²) in [6, 6.07) is 10.3. The van der Waals surface area contributed by atoms with E-state index in [2.05, 4.69) is 28.1 Å². The first-order chi connectivity index (χ1) is 10.3. The minimum absolute atomic E-state index is 0.0338. The number of benzene rings is 1. The van der Waals surface area contributed by atoms with Crippen LogP contribution in [0.25, 0.3) is 0 Å². The van der Waals surface area contributed by atoms with Crippen LogP contribution in [-0.4, -0.2) is 17.9 Å². The molecule has 0 atom stereocenters. The van der Waals surface area contributed by atoms with Crippen molar-refractivity contribution in [2.45, 2.75) is 44.9 Å². The molecule has 1 fully saturated rings. The third-order valence-corrected chi connectivity index (χ3v) is 5.27. The lowest BCUT2D eigenvalue weighted by atomic mass is 9.83. The van der Waals surface area contributed by atoms with Gasteiger partial charge in [0.25, 0.3) is 0 Å². The number of hydrogen-bond donors (Lipinski definition) is 0. The summed E-state index contributed by atoms with van der Waals surface area (Å²) in [4.78, 5) is 11.8. The fraction of sp³-hybridized carbons (Fsp3) is 0.611. The van der Waals surface area contributed by atoms with Gasteiger partial charge >= 0.3 is 5.97 Å². The summed E-state index contributed by atoms with van der Waals surface area (Å²) >= 11 is 3.56. The molecule has 1 aliphatic carbocycles. The highest BCUT2D eigenvalue weighted by Gasteiger charge is 2.21. The molecule has 1 aromatic carbocycles. The maximum atomic E-state index is 11.8. The standard InChI is InChI=1S/C18H25BrO2/c19-13-16-9-11-17(12-10-16)14-21-18(20)8-4-7-15-5-2-1-3-6-15/h1-3,5-6,16-17H,4,7-14H2. The van der Waals surface area contributed by atoms with Crippen molar-refractivity contribution in [2.75, 3.05) is 11.9 Å². The van der Waals surface area contributed by atoms with Crippen LogP contribution < -0.4 is 0 Å². The summed E-state index contributed by atoms with van der Waals surface area (Å²) in [5, 5.41) is 1.11. The van der Waals surface area contributed by atoms with Gasteiger partial charge in [0.15, 0.2) is 0 Å². The van der Waals surface area contributed by atoms with Crippen LogP contribution in [0.1, 0.15) is 44.1 Å². The molecular weight excluding hydrogens is 328 g/mol. The van der Waals surface area contributed by atoms with Gasteiger partial charge in [-0.05, 0) is 55.9 Å². The first kappa shape index (κ1) is 16.5. The highest BCUT2D eigenvalue weighted by atomic mass is 79.9. The fourth-order valence-electron chi connectivity index (χ4n) is 2.92. The number of hydrogen-bond acceptors (Lipinski definition) is 2. The van der Waals surface area contributed by atoms with E-state index in [1.54, 1.807) is 0 Å². The average molecular weight is 353 g/mol. The van der Waals surface area contributed by atoms with Crippen LogP contribution in [0.15, 0.2) is 30.3 Å². The van der Waals surface area contributed by atoms with Crippen molar-refractivity contribution in [3.63, 3.8) is 0 Å². The summed E-state index contributed by atoms with van der Waals surface area (Å²) in [5.41, 5.74) is 1.29. The number of aryl methyl sites for hydroxylation is 1. The van der Waals surface area contributed by atoms with Crippen molar-refractivity contribution in [3.05, 3.63) is 35.9 Å². The van der Waals surface area contributed by atoms with Gasteiger partial charge in [-0.25, -0.2) is 0 Å². The van der Waals surface area contributed by atoms with Gasteiger partial charge in [0.2, 0.25) is 0 Å². The van der Waals surface area contributed by atoms with Crippen molar-refractivity contribution in [1.82, 2.24) is 0 Å². The summed E-state index contributed by atoms with van der Waals surface area (Å²) in [6.45, 7) is 0.624. The van der Waals surface area contributed by atoms with E-state index in [4.69, 9.17) is 4.74 Å². The van der Waals surface area contributed by atoms with Crippen molar-refractivity contribution < 1.29 is 9.53 Å². The van der Waals surface area contributed by atoms with Gasteiger partial charge in [-0.3, -0.25) is 4.79 Å². The summed E-state index contributed by atoms with van der Waals surface area (Å²) < 4.78 is 5.44. The zero-order valence-electron chi connectivity index (χ0n) is 12.6. The van der Waals surface area contributed by atoms with E-state index in [1.165, 1.54) is 31.2 Å². The van der Waals surface area contributed by atoms with Gasteiger partial charge in [-0.15, -0.1) is 0 Å². The summed E-state index contributed by atoms with van der Waals surface area (Å²) in [7, 11) is 0. The molecule has 2 nitrogen and oxygen atoms in total. The number of alkyl halides is 1. The minimum Gasteiger partial charge on any atom is -0.465 e.